The highest BCUT2D eigenvalue weighted by molar-refractivity contribution is 6.35. The third-order valence-corrected chi connectivity index (χ3v) is 7.09. The average molecular weight is 581 g/mol. The van der Waals surface area contributed by atoms with Gasteiger partial charge in [-0.05, 0) is 63.4 Å². The highest BCUT2D eigenvalue weighted by atomic mass is 35.5. The van der Waals surface area contributed by atoms with Gasteiger partial charge in [0, 0.05) is 28.6 Å². The molecule has 1 aliphatic heterocycles. The SMILES string of the molecule is COC(=O)[C@H](Cc1ccc(OCc2c(Cl)cccc2Cl)cc1)NC(=O)[C@]1(CO)CCCN1C(=O)OC(C)(C)C. The van der Waals surface area contributed by atoms with Crippen LogP contribution in [0.25, 0.3) is 0 Å². The number of aliphatic hydroxyl groups excluding tert-OH is 1. The summed E-state index contributed by atoms with van der Waals surface area (Å²) in [5, 5.41) is 13.9. The Morgan fingerprint density at radius 1 is 1.10 bits per heavy atom. The Hall–Kier alpha value is -3.01. The fourth-order valence-electron chi connectivity index (χ4n) is 4.35. The van der Waals surface area contributed by atoms with E-state index in [4.69, 9.17) is 37.4 Å². The maximum absolute atomic E-state index is 13.5. The van der Waals surface area contributed by atoms with E-state index in [0.29, 0.717) is 27.8 Å². The van der Waals surface area contributed by atoms with Crippen molar-refractivity contribution < 1.29 is 33.7 Å². The molecule has 1 fully saturated rings. The number of carbonyl (C=O) groups excluding carboxylic acids is 3. The minimum atomic E-state index is -1.55. The van der Waals surface area contributed by atoms with E-state index in [2.05, 4.69) is 5.32 Å². The number of nitrogens with zero attached hydrogens (tertiary/aromatic N) is 1. The zero-order valence-corrected chi connectivity index (χ0v) is 24.0. The van der Waals surface area contributed by atoms with Crippen molar-refractivity contribution in [3.8, 4) is 5.75 Å². The van der Waals surface area contributed by atoms with E-state index in [1.807, 2.05) is 0 Å². The lowest BCUT2D eigenvalue weighted by Crippen LogP contribution is -2.62. The smallest absolute Gasteiger partial charge is 0.411 e. The number of hydrogen-bond acceptors (Lipinski definition) is 7. The van der Waals surface area contributed by atoms with Crippen molar-refractivity contribution in [1.29, 1.82) is 0 Å². The molecule has 39 heavy (non-hydrogen) atoms. The number of amides is 2. The molecule has 212 valence electrons. The van der Waals surface area contributed by atoms with E-state index in [1.165, 1.54) is 12.0 Å². The summed E-state index contributed by atoms with van der Waals surface area (Å²) in [6, 6.07) is 11.1. The number of nitrogens with one attached hydrogen (secondary N) is 1. The van der Waals surface area contributed by atoms with Gasteiger partial charge in [0.25, 0.3) is 0 Å². The van der Waals surface area contributed by atoms with Crippen molar-refractivity contribution in [1.82, 2.24) is 10.2 Å². The van der Waals surface area contributed by atoms with Gasteiger partial charge in [0.2, 0.25) is 5.91 Å². The number of halogens is 2. The zero-order valence-electron chi connectivity index (χ0n) is 22.5. The maximum atomic E-state index is 13.5. The molecule has 2 amide bonds. The molecule has 1 heterocycles. The molecule has 0 spiro atoms. The molecule has 1 aliphatic rings. The summed E-state index contributed by atoms with van der Waals surface area (Å²) in [4.78, 5) is 40.1. The number of rotatable bonds is 9. The number of likely N-dealkylation sites (tertiary alicyclic amines) is 1. The van der Waals surface area contributed by atoms with Crippen LogP contribution in [0.4, 0.5) is 4.79 Å². The molecule has 2 atom stereocenters. The first-order valence-corrected chi connectivity index (χ1v) is 13.3. The van der Waals surface area contributed by atoms with Crippen LogP contribution in [0.1, 0.15) is 44.7 Å². The summed E-state index contributed by atoms with van der Waals surface area (Å²) >= 11 is 12.4. The Balaban J connectivity index is 1.71. The molecule has 0 saturated carbocycles. The van der Waals surface area contributed by atoms with Crippen molar-refractivity contribution in [3.63, 3.8) is 0 Å². The lowest BCUT2D eigenvalue weighted by atomic mass is 9.95. The van der Waals surface area contributed by atoms with Gasteiger partial charge in [0.05, 0.1) is 13.7 Å². The molecule has 2 aromatic rings. The molecule has 0 aliphatic carbocycles. The van der Waals surface area contributed by atoms with Gasteiger partial charge in [0.15, 0.2) is 0 Å². The molecule has 1 saturated heterocycles. The van der Waals surface area contributed by atoms with E-state index in [1.54, 1.807) is 63.2 Å². The second-order valence-corrected chi connectivity index (χ2v) is 11.1. The van der Waals surface area contributed by atoms with Gasteiger partial charge >= 0.3 is 12.1 Å². The molecule has 2 N–H and O–H groups in total. The van der Waals surface area contributed by atoms with Crippen molar-refractivity contribution >= 4 is 41.2 Å². The topological polar surface area (TPSA) is 114 Å². The van der Waals surface area contributed by atoms with Crippen LogP contribution in [0.15, 0.2) is 42.5 Å². The van der Waals surface area contributed by atoms with Crippen LogP contribution in [0.2, 0.25) is 10.0 Å². The Morgan fingerprint density at radius 3 is 2.31 bits per heavy atom. The summed E-state index contributed by atoms with van der Waals surface area (Å²) in [7, 11) is 1.22. The second-order valence-electron chi connectivity index (χ2n) is 10.3. The van der Waals surface area contributed by atoms with Gasteiger partial charge in [-0.25, -0.2) is 9.59 Å². The predicted octanol–water partition coefficient (Wildman–Crippen LogP) is 4.53. The van der Waals surface area contributed by atoms with Crippen LogP contribution in [-0.2, 0) is 32.1 Å². The highest BCUT2D eigenvalue weighted by Gasteiger charge is 2.51. The Morgan fingerprint density at radius 2 is 1.74 bits per heavy atom. The first kappa shape index (κ1) is 30.5. The second kappa shape index (κ2) is 12.9. The fraction of sp³-hybridized carbons (Fsp3) is 0.464. The van der Waals surface area contributed by atoms with Crippen LogP contribution >= 0.6 is 23.2 Å². The van der Waals surface area contributed by atoms with Crippen LogP contribution in [0, 0.1) is 0 Å². The number of aliphatic hydroxyl groups is 1. The number of benzene rings is 2. The van der Waals surface area contributed by atoms with Gasteiger partial charge in [0.1, 0.15) is 29.5 Å². The van der Waals surface area contributed by atoms with E-state index < -0.39 is 41.8 Å². The number of ether oxygens (including phenoxy) is 3. The molecule has 3 rings (SSSR count). The lowest BCUT2D eigenvalue weighted by Gasteiger charge is -2.37. The summed E-state index contributed by atoms with van der Waals surface area (Å²) in [6.45, 7) is 4.96. The Bertz CT molecular complexity index is 1160. The van der Waals surface area contributed by atoms with E-state index in [9.17, 15) is 19.5 Å². The fourth-order valence-corrected chi connectivity index (χ4v) is 4.85. The van der Waals surface area contributed by atoms with Crippen LogP contribution < -0.4 is 10.1 Å². The summed E-state index contributed by atoms with van der Waals surface area (Å²) in [6.07, 6.45) is 0.136. The first-order valence-electron chi connectivity index (χ1n) is 12.5. The van der Waals surface area contributed by atoms with Gasteiger partial charge in [-0.3, -0.25) is 9.69 Å². The van der Waals surface area contributed by atoms with Crippen molar-refractivity contribution in [2.75, 3.05) is 20.3 Å². The minimum Gasteiger partial charge on any atom is -0.489 e. The molecule has 9 nitrogen and oxygen atoms in total. The maximum Gasteiger partial charge on any atom is 0.411 e. The van der Waals surface area contributed by atoms with Crippen molar-refractivity contribution in [2.24, 2.45) is 0 Å². The Kier molecular flexibility index (Phi) is 10.1. The van der Waals surface area contributed by atoms with E-state index in [-0.39, 0.29) is 26.0 Å². The minimum absolute atomic E-state index is 0.114. The molecule has 0 bridgehead atoms. The third kappa shape index (κ3) is 7.56. The summed E-state index contributed by atoms with van der Waals surface area (Å²) in [5.41, 5.74) is -0.931. The van der Waals surface area contributed by atoms with Gasteiger partial charge < -0.3 is 24.6 Å². The van der Waals surface area contributed by atoms with Crippen molar-refractivity contribution in [3.05, 3.63) is 63.6 Å². The Labute approximate surface area is 238 Å². The highest BCUT2D eigenvalue weighted by Crippen LogP contribution is 2.32. The molecule has 11 heteroatoms. The molecular weight excluding hydrogens is 547 g/mol. The lowest BCUT2D eigenvalue weighted by molar-refractivity contribution is -0.147. The molecule has 0 aromatic heterocycles. The van der Waals surface area contributed by atoms with Crippen LogP contribution in [-0.4, -0.2) is 65.4 Å². The number of methoxy groups -OCH3 is 1. The number of carbonyl (C=O) groups is 3. The standard InChI is InChI=1S/C28H34Cl2N2O7/c1-27(2,3)39-26(36)32-14-6-13-28(32,17-33)25(35)31-23(24(34)37-4)15-18-9-11-19(12-10-18)38-16-20-21(29)7-5-8-22(20)30/h5,7-12,23,33H,6,13-17H2,1-4H3,(H,31,35)/t23-,28+/m0/s1. The van der Waals surface area contributed by atoms with Crippen LogP contribution in [0.3, 0.4) is 0 Å². The molecule has 0 unspecified atom stereocenters. The van der Waals surface area contributed by atoms with Gasteiger partial charge in [-0.1, -0.05) is 41.4 Å². The molecular formula is C28H34Cl2N2O7. The van der Waals surface area contributed by atoms with Crippen molar-refractivity contribution in [2.45, 2.75) is 63.8 Å². The number of esters is 1. The predicted molar refractivity (Wildman–Crippen MR) is 147 cm³/mol. The number of hydrogen-bond donors (Lipinski definition) is 2. The largest absolute Gasteiger partial charge is 0.489 e. The quantitative estimate of drug-likeness (QED) is 0.418. The van der Waals surface area contributed by atoms with Gasteiger partial charge in [-0.15, -0.1) is 0 Å². The first-order chi connectivity index (χ1) is 18.4. The van der Waals surface area contributed by atoms with Gasteiger partial charge in [-0.2, -0.15) is 0 Å². The van der Waals surface area contributed by atoms with E-state index >= 15 is 0 Å². The monoisotopic (exact) mass is 580 g/mol. The third-order valence-electron chi connectivity index (χ3n) is 6.39. The van der Waals surface area contributed by atoms with Crippen LogP contribution in [0.5, 0.6) is 5.75 Å². The normalized spacial score (nSPS) is 17.9. The molecule has 2 aromatic carbocycles. The molecule has 0 radical (unpaired) electrons. The zero-order chi connectivity index (χ0) is 28.8. The summed E-state index contributed by atoms with van der Waals surface area (Å²) in [5.74, 6) is -0.751. The van der Waals surface area contributed by atoms with E-state index in [0.717, 1.165) is 5.56 Å². The summed E-state index contributed by atoms with van der Waals surface area (Å²) < 4.78 is 16.2. The average Bonchev–Trinajstić information content (AvgIpc) is 3.33.